The Bertz CT molecular complexity index is 1320. The molecule has 0 unspecified atom stereocenters. The van der Waals surface area contributed by atoms with Gasteiger partial charge in [-0.05, 0) is 61.9 Å². The summed E-state index contributed by atoms with van der Waals surface area (Å²) in [6.07, 6.45) is 1.79. The molecule has 1 aliphatic rings. The molecule has 2 aromatic carbocycles. The van der Waals surface area contributed by atoms with E-state index in [0.29, 0.717) is 47.2 Å². The van der Waals surface area contributed by atoms with E-state index in [1.807, 2.05) is 18.0 Å². The van der Waals surface area contributed by atoms with Crippen LogP contribution in [0.5, 0.6) is 5.75 Å². The number of ether oxygens (including phenoxy) is 1. The van der Waals surface area contributed by atoms with E-state index < -0.39 is 11.6 Å². The average Bonchev–Trinajstić information content (AvgIpc) is 2.85. The van der Waals surface area contributed by atoms with Crippen LogP contribution in [-0.4, -0.2) is 37.9 Å². The van der Waals surface area contributed by atoms with Crippen molar-refractivity contribution in [1.82, 2.24) is 9.88 Å². The predicted octanol–water partition coefficient (Wildman–Crippen LogP) is 4.07. The molecule has 1 aliphatic heterocycles. The van der Waals surface area contributed by atoms with Gasteiger partial charge in [0.2, 0.25) is 0 Å². The molecule has 34 heavy (non-hydrogen) atoms. The van der Waals surface area contributed by atoms with Crippen LogP contribution in [0.1, 0.15) is 18.4 Å². The Morgan fingerprint density at radius 2 is 1.74 bits per heavy atom. The normalized spacial score (nSPS) is 14.2. The molecule has 0 amide bonds. The molecule has 0 aliphatic carbocycles. The highest BCUT2D eigenvalue weighted by atomic mass is 19.1. The Kier molecular flexibility index (Phi) is 6.66. The van der Waals surface area contributed by atoms with Gasteiger partial charge in [-0.3, -0.25) is 4.79 Å². The molecule has 1 saturated heterocycles. The van der Waals surface area contributed by atoms with E-state index in [1.165, 1.54) is 35.9 Å². The topological polar surface area (TPSA) is 70.3 Å². The molecule has 6 nitrogen and oxygen atoms in total. The fraction of sp³-hybridized carbons (Fsp3) is 0.308. The number of aromatic nitrogens is 1. The van der Waals surface area contributed by atoms with E-state index in [0.717, 1.165) is 12.8 Å². The number of halogens is 2. The van der Waals surface area contributed by atoms with Crippen molar-refractivity contribution in [3.8, 4) is 34.2 Å². The van der Waals surface area contributed by atoms with Crippen LogP contribution in [-0.2, 0) is 7.05 Å². The molecule has 1 aromatic heterocycles. The van der Waals surface area contributed by atoms with Gasteiger partial charge in [0.15, 0.2) is 11.6 Å². The van der Waals surface area contributed by atoms with E-state index in [9.17, 15) is 13.6 Å². The maximum Gasteiger partial charge on any atom is 0.274 e. The Balaban J connectivity index is 1.93. The molecule has 0 saturated carbocycles. The SMILES string of the molecule is CNC1CCN(c2cc(-c3ccc(C#N)c(F)c3)c(-c3ccc(OC)c(F)c3)n(C)c2=O)CC1. The first-order valence-corrected chi connectivity index (χ1v) is 11.1. The number of nitrogens with one attached hydrogen (secondary N) is 1. The maximum atomic E-state index is 14.6. The summed E-state index contributed by atoms with van der Waals surface area (Å²) in [5.41, 5.74) is 2.19. The monoisotopic (exact) mass is 464 g/mol. The number of hydrogen-bond donors (Lipinski definition) is 1. The molecule has 1 fully saturated rings. The quantitative estimate of drug-likeness (QED) is 0.617. The molecule has 0 spiro atoms. The lowest BCUT2D eigenvalue weighted by molar-refractivity contribution is 0.386. The number of nitrogens with zero attached hydrogens (tertiary/aromatic N) is 3. The van der Waals surface area contributed by atoms with Crippen LogP contribution in [0.3, 0.4) is 0 Å². The van der Waals surface area contributed by atoms with Crippen LogP contribution in [0, 0.1) is 23.0 Å². The summed E-state index contributed by atoms with van der Waals surface area (Å²) in [4.78, 5) is 15.5. The zero-order chi connectivity index (χ0) is 24.4. The van der Waals surface area contributed by atoms with Crippen LogP contribution >= 0.6 is 0 Å². The van der Waals surface area contributed by atoms with Crippen LogP contribution in [0.25, 0.3) is 22.4 Å². The number of hydrogen-bond acceptors (Lipinski definition) is 5. The molecular weight excluding hydrogens is 438 g/mol. The number of piperidine rings is 1. The average molecular weight is 465 g/mol. The van der Waals surface area contributed by atoms with Crippen molar-refractivity contribution in [1.29, 1.82) is 5.26 Å². The summed E-state index contributed by atoms with van der Waals surface area (Å²) in [5, 5.41) is 12.4. The number of benzene rings is 2. The van der Waals surface area contributed by atoms with Crippen LogP contribution in [0.4, 0.5) is 14.5 Å². The summed E-state index contributed by atoms with van der Waals surface area (Å²) in [6, 6.07) is 12.8. The number of rotatable bonds is 5. The maximum absolute atomic E-state index is 14.6. The van der Waals surface area contributed by atoms with Gasteiger partial charge in [0, 0.05) is 37.3 Å². The van der Waals surface area contributed by atoms with Gasteiger partial charge in [-0.25, -0.2) is 8.78 Å². The van der Waals surface area contributed by atoms with Gasteiger partial charge in [-0.2, -0.15) is 5.26 Å². The van der Waals surface area contributed by atoms with Crippen molar-refractivity contribution in [3.63, 3.8) is 0 Å². The summed E-state index contributed by atoms with van der Waals surface area (Å²) in [6.45, 7) is 1.41. The fourth-order valence-corrected chi connectivity index (χ4v) is 4.51. The molecule has 176 valence electrons. The van der Waals surface area contributed by atoms with Gasteiger partial charge in [-0.1, -0.05) is 6.07 Å². The number of anilines is 1. The molecule has 0 bridgehead atoms. The molecule has 8 heteroatoms. The van der Waals surface area contributed by atoms with Crippen LogP contribution in [0.2, 0.25) is 0 Å². The van der Waals surface area contributed by atoms with E-state index in [-0.39, 0.29) is 16.9 Å². The smallest absolute Gasteiger partial charge is 0.274 e. The van der Waals surface area contributed by atoms with E-state index >= 15 is 0 Å². The van der Waals surface area contributed by atoms with E-state index in [4.69, 9.17) is 10.00 Å². The van der Waals surface area contributed by atoms with Gasteiger partial charge in [0.1, 0.15) is 17.6 Å². The Morgan fingerprint density at radius 3 is 2.32 bits per heavy atom. The molecule has 4 rings (SSSR count). The first kappa shape index (κ1) is 23.5. The van der Waals surface area contributed by atoms with Crippen LogP contribution < -0.4 is 20.5 Å². The van der Waals surface area contributed by atoms with Crippen LogP contribution in [0.15, 0.2) is 47.3 Å². The third kappa shape index (κ3) is 4.27. The van der Waals surface area contributed by atoms with E-state index in [1.54, 1.807) is 25.2 Å². The second-order valence-corrected chi connectivity index (χ2v) is 8.36. The molecule has 0 radical (unpaired) electrons. The van der Waals surface area contributed by atoms with Gasteiger partial charge in [0.05, 0.1) is 18.4 Å². The van der Waals surface area contributed by atoms with Crippen molar-refractivity contribution >= 4 is 5.69 Å². The zero-order valence-electron chi connectivity index (χ0n) is 19.4. The highest BCUT2D eigenvalue weighted by Gasteiger charge is 2.24. The Hall–Kier alpha value is -3.70. The Morgan fingerprint density at radius 1 is 1.06 bits per heavy atom. The number of nitriles is 1. The first-order chi connectivity index (χ1) is 16.4. The third-order valence-electron chi connectivity index (χ3n) is 6.47. The van der Waals surface area contributed by atoms with Crippen molar-refractivity contribution in [3.05, 3.63) is 70.0 Å². The van der Waals surface area contributed by atoms with Crippen molar-refractivity contribution in [2.45, 2.75) is 18.9 Å². The predicted molar refractivity (Wildman–Crippen MR) is 128 cm³/mol. The summed E-state index contributed by atoms with van der Waals surface area (Å²) in [5.74, 6) is -1.14. The fourth-order valence-electron chi connectivity index (χ4n) is 4.51. The first-order valence-electron chi connectivity index (χ1n) is 11.1. The second-order valence-electron chi connectivity index (χ2n) is 8.36. The summed E-state index contributed by atoms with van der Waals surface area (Å²) < 4.78 is 35.7. The van der Waals surface area contributed by atoms with Gasteiger partial charge in [0.25, 0.3) is 5.56 Å². The largest absolute Gasteiger partial charge is 0.494 e. The lowest BCUT2D eigenvalue weighted by atomic mass is 9.96. The zero-order valence-corrected chi connectivity index (χ0v) is 19.4. The van der Waals surface area contributed by atoms with Gasteiger partial charge < -0.3 is 19.5 Å². The minimum Gasteiger partial charge on any atom is -0.494 e. The number of pyridine rings is 1. The molecule has 3 aromatic rings. The molecule has 2 heterocycles. The lowest BCUT2D eigenvalue weighted by Crippen LogP contribution is -2.43. The standard InChI is InChI=1S/C26H26F2N4O2/c1-30-19-8-10-32(11-9-19)23-14-20(16-4-5-18(15-29)21(27)12-16)25(31(2)26(23)33)17-6-7-24(34-3)22(28)13-17/h4-7,12-14,19,30H,8-11H2,1-3H3. The highest BCUT2D eigenvalue weighted by Crippen LogP contribution is 2.36. The number of methoxy groups -OCH3 is 1. The van der Waals surface area contributed by atoms with Crippen molar-refractivity contribution in [2.75, 3.05) is 32.1 Å². The van der Waals surface area contributed by atoms with E-state index in [2.05, 4.69) is 5.32 Å². The van der Waals surface area contributed by atoms with Gasteiger partial charge in [-0.15, -0.1) is 0 Å². The minimum atomic E-state index is -0.655. The molecular formula is C26H26F2N4O2. The highest BCUT2D eigenvalue weighted by molar-refractivity contribution is 5.84. The van der Waals surface area contributed by atoms with Gasteiger partial charge >= 0.3 is 0 Å². The molecule has 1 N–H and O–H groups in total. The van der Waals surface area contributed by atoms with Crippen molar-refractivity contribution in [2.24, 2.45) is 7.05 Å². The second kappa shape index (κ2) is 9.65. The third-order valence-corrected chi connectivity index (χ3v) is 6.47. The Labute approximate surface area is 197 Å². The van der Waals surface area contributed by atoms with Crippen molar-refractivity contribution < 1.29 is 13.5 Å². The lowest BCUT2D eigenvalue weighted by Gasteiger charge is -2.33. The summed E-state index contributed by atoms with van der Waals surface area (Å²) in [7, 11) is 4.94. The summed E-state index contributed by atoms with van der Waals surface area (Å²) >= 11 is 0. The molecule has 0 atom stereocenters. The minimum absolute atomic E-state index is 0.0695.